The first-order valence-corrected chi connectivity index (χ1v) is 16.5. The Hall–Kier alpha value is -4.77. The number of nitrogens with zero attached hydrogens (tertiary/aromatic N) is 1. The van der Waals surface area contributed by atoms with Crippen LogP contribution in [0.2, 0.25) is 5.02 Å². The SMILES string of the molecule is CC(C)[C@H]1NC(=O)C[C@@H](C(=O)N[C@H](C)COc2ccccc2Oc2ccc(Cl)cc2)NC(=O)c2ccccc2OC[C@@H]2CCCN2C1=O. The maximum absolute atomic E-state index is 13.6. The molecule has 0 aliphatic carbocycles. The second-order valence-corrected chi connectivity index (χ2v) is 12.8. The lowest BCUT2D eigenvalue weighted by Crippen LogP contribution is -2.56. The molecule has 3 N–H and O–H groups in total. The number of benzene rings is 3. The average molecular weight is 677 g/mol. The van der Waals surface area contributed by atoms with Gasteiger partial charge in [0.15, 0.2) is 11.5 Å². The molecular formula is C36H41ClN4O7. The fraction of sp³-hybridized carbons (Fsp3) is 0.389. The minimum atomic E-state index is -1.25. The van der Waals surface area contributed by atoms with Crippen molar-refractivity contribution in [2.75, 3.05) is 19.8 Å². The molecule has 0 unspecified atom stereocenters. The van der Waals surface area contributed by atoms with Crippen molar-refractivity contribution in [2.45, 2.75) is 64.2 Å². The van der Waals surface area contributed by atoms with Gasteiger partial charge in [0.05, 0.1) is 24.1 Å². The van der Waals surface area contributed by atoms with Crippen LogP contribution in [-0.4, -0.2) is 72.5 Å². The minimum Gasteiger partial charge on any atom is -0.491 e. The number of carbonyl (C=O) groups is 4. The van der Waals surface area contributed by atoms with Crippen LogP contribution in [0.15, 0.2) is 72.8 Å². The average Bonchev–Trinajstić information content (AvgIpc) is 3.54. The van der Waals surface area contributed by atoms with Crippen molar-refractivity contribution in [2.24, 2.45) is 5.92 Å². The Morgan fingerprint density at radius 3 is 2.44 bits per heavy atom. The van der Waals surface area contributed by atoms with Gasteiger partial charge in [0.1, 0.15) is 36.8 Å². The van der Waals surface area contributed by atoms with Crippen molar-refractivity contribution < 1.29 is 33.4 Å². The summed E-state index contributed by atoms with van der Waals surface area (Å²) in [5.74, 6) is -0.231. The third-order valence-electron chi connectivity index (χ3n) is 8.25. The highest BCUT2D eigenvalue weighted by Crippen LogP contribution is 2.32. The quantitative estimate of drug-likeness (QED) is 0.314. The first kappa shape index (κ1) is 34.6. The topological polar surface area (TPSA) is 135 Å². The van der Waals surface area contributed by atoms with Crippen molar-refractivity contribution in [3.05, 3.63) is 83.4 Å². The van der Waals surface area contributed by atoms with E-state index in [4.69, 9.17) is 25.8 Å². The summed E-state index contributed by atoms with van der Waals surface area (Å²) in [6.45, 7) is 6.28. The van der Waals surface area contributed by atoms with E-state index >= 15 is 0 Å². The van der Waals surface area contributed by atoms with Crippen LogP contribution in [0.5, 0.6) is 23.0 Å². The first-order valence-electron chi connectivity index (χ1n) is 16.2. The molecule has 2 heterocycles. The summed E-state index contributed by atoms with van der Waals surface area (Å²) in [5.41, 5.74) is 0.220. The maximum atomic E-state index is 13.6. The van der Waals surface area contributed by atoms with Gasteiger partial charge in [0.2, 0.25) is 17.7 Å². The number of ether oxygens (including phenoxy) is 3. The van der Waals surface area contributed by atoms with E-state index in [-0.39, 0.29) is 43.1 Å². The predicted octanol–water partition coefficient (Wildman–Crippen LogP) is 4.73. The lowest BCUT2D eigenvalue weighted by molar-refractivity contribution is -0.139. The zero-order valence-electron chi connectivity index (χ0n) is 27.2. The number of carbonyl (C=O) groups excluding carboxylic acids is 4. The van der Waals surface area contributed by atoms with Crippen molar-refractivity contribution in [1.29, 1.82) is 0 Å². The molecule has 0 spiro atoms. The lowest BCUT2D eigenvalue weighted by atomic mass is 10.0. The fourth-order valence-electron chi connectivity index (χ4n) is 5.70. The van der Waals surface area contributed by atoms with Gasteiger partial charge in [-0.15, -0.1) is 0 Å². The van der Waals surface area contributed by atoms with Crippen LogP contribution >= 0.6 is 11.6 Å². The molecule has 254 valence electrons. The first-order chi connectivity index (χ1) is 23.1. The van der Waals surface area contributed by atoms with E-state index in [1.54, 1.807) is 78.6 Å². The van der Waals surface area contributed by atoms with Gasteiger partial charge in [-0.25, -0.2) is 0 Å². The molecule has 11 nitrogen and oxygen atoms in total. The standard InChI is InChI=1S/C36H41ClN4O7/c1-22(2)33-36(45)41-18-8-9-25(41)21-47-29-11-5-4-10-27(29)34(43)39-28(19-32(42)40-33)35(44)38-23(3)20-46-30-12-6-7-13-31(30)48-26-16-14-24(37)15-17-26/h4-7,10-17,22-23,25,28,33H,8-9,18-21H2,1-3H3,(H,38,44)(H,39,43)(H,40,42)/t23-,25+,28+,33-/m1/s1. The van der Waals surface area contributed by atoms with Gasteiger partial charge < -0.3 is 35.1 Å². The smallest absolute Gasteiger partial charge is 0.255 e. The summed E-state index contributed by atoms with van der Waals surface area (Å²) in [7, 11) is 0. The molecule has 0 aromatic heterocycles. The third kappa shape index (κ3) is 8.77. The number of halogens is 1. The van der Waals surface area contributed by atoms with E-state index in [1.807, 2.05) is 19.9 Å². The summed E-state index contributed by atoms with van der Waals surface area (Å²) >= 11 is 5.99. The summed E-state index contributed by atoms with van der Waals surface area (Å²) in [4.78, 5) is 56.0. The summed E-state index contributed by atoms with van der Waals surface area (Å²) in [6.07, 6.45) is 1.18. The zero-order valence-corrected chi connectivity index (χ0v) is 28.0. The van der Waals surface area contributed by atoms with Crippen LogP contribution in [0, 0.1) is 5.92 Å². The van der Waals surface area contributed by atoms with Gasteiger partial charge in [-0.2, -0.15) is 0 Å². The molecule has 0 radical (unpaired) electrons. The molecule has 2 aliphatic heterocycles. The Kier molecular flexibility index (Phi) is 11.4. The summed E-state index contributed by atoms with van der Waals surface area (Å²) in [6, 6.07) is 18.0. The largest absolute Gasteiger partial charge is 0.491 e. The molecule has 4 amide bonds. The Labute approximate surface area is 285 Å². The molecule has 1 fully saturated rings. The van der Waals surface area contributed by atoms with Crippen LogP contribution in [-0.2, 0) is 14.4 Å². The number of nitrogens with one attached hydrogen (secondary N) is 3. The van der Waals surface area contributed by atoms with Crippen LogP contribution < -0.4 is 30.2 Å². The Balaban J connectivity index is 1.30. The van der Waals surface area contributed by atoms with Gasteiger partial charge in [-0.1, -0.05) is 49.7 Å². The van der Waals surface area contributed by atoms with Crippen molar-refractivity contribution in [1.82, 2.24) is 20.9 Å². The molecule has 48 heavy (non-hydrogen) atoms. The van der Waals surface area contributed by atoms with E-state index in [1.165, 1.54) is 0 Å². The number of hydrogen-bond acceptors (Lipinski definition) is 7. The van der Waals surface area contributed by atoms with Crippen LogP contribution in [0.25, 0.3) is 0 Å². The molecular weight excluding hydrogens is 636 g/mol. The summed E-state index contributed by atoms with van der Waals surface area (Å²) in [5, 5.41) is 8.99. The maximum Gasteiger partial charge on any atom is 0.255 e. The molecule has 1 saturated heterocycles. The molecule has 12 heteroatoms. The minimum absolute atomic E-state index is 0.0667. The lowest BCUT2D eigenvalue weighted by Gasteiger charge is -2.32. The molecule has 3 aromatic carbocycles. The normalized spacial score (nSPS) is 20.7. The third-order valence-corrected chi connectivity index (χ3v) is 8.50. The molecule has 4 atom stereocenters. The Morgan fingerprint density at radius 1 is 0.979 bits per heavy atom. The van der Waals surface area contributed by atoms with Gasteiger partial charge in [-0.05, 0) is 74.2 Å². The highest BCUT2D eigenvalue weighted by Gasteiger charge is 2.37. The van der Waals surface area contributed by atoms with Gasteiger partial charge in [0.25, 0.3) is 5.91 Å². The van der Waals surface area contributed by atoms with E-state index < -0.39 is 35.8 Å². The second-order valence-electron chi connectivity index (χ2n) is 12.4. The summed E-state index contributed by atoms with van der Waals surface area (Å²) < 4.78 is 18.1. The van der Waals surface area contributed by atoms with Gasteiger partial charge in [0, 0.05) is 11.6 Å². The van der Waals surface area contributed by atoms with Gasteiger partial charge >= 0.3 is 0 Å². The molecule has 5 rings (SSSR count). The van der Waals surface area contributed by atoms with Crippen molar-refractivity contribution in [3.8, 4) is 23.0 Å². The second kappa shape index (κ2) is 15.9. The number of amides is 4. The molecule has 0 bridgehead atoms. The fourth-order valence-corrected chi connectivity index (χ4v) is 5.83. The molecule has 2 aliphatic rings. The monoisotopic (exact) mass is 676 g/mol. The van der Waals surface area contributed by atoms with Crippen molar-refractivity contribution >= 4 is 35.2 Å². The number of fused-ring (bicyclic) bond motifs is 2. The Bertz CT molecular complexity index is 1620. The number of hydrogen-bond donors (Lipinski definition) is 3. The van der Waals surface area contributed by atoms with Crippen LogP contribution in [0.3, 0.4) is 0 Å². The van der Waals surface area contributed by atoms with Crippen LogP contribution in [0.4, 0.5) is 0 Å². The number of para-hydroxylation sites is 3. The van der Waals surface area contributed by atoms with Crippen LogP contribution in [0.1, 0.15) is 50.4 Å². The predicted molar refractivity (Wildman–Crippen MR) is 180 cm³/mol. The number of rotatable bonds is 8. The Morgan fingerprint density at radius 2 is 1.69 bits per heavy atom. The van der Waals surface area contributed by atoms with E-state index in [2.05, 4.69) is 16.0 Å². The van der Waals surface area contributed by atoms with E-state index in [0.717, 1.165) is 12.8 Å². The highest BCUT2D eigenvalue weighted by atomic mass is 35.5. The van der Waals surface area contributed by atoms with E-state index in [9.17, 15) is 19.2 Å². The molecule has 3 aromatic rings. The van der Waals surface area contributed by atoms with Gasteiger partial charge in [-0.3, -0.25) is 19.2 Å². The molecule has 0 saturated carbocycles. The zero-order chi connectivity index (χ0) is 34.2. The highest BCUT2D eigenvalue weighted by molar-refractivity contribution is 6.30. The van der Waals surface area contributed by atoms with E-state index in [0.29, 0.717) is 34.6 Å². The van der Waals surface area contributed by atoms with Crippen molar-refractivity contribution in [3.63, 3.8) is 0 Å².